The molecule has 1 aliphatic carbocycles. The Balaban J connectivity index is 2.17. The topological polar surface area (TPSA) is 104 Å². The summed E-state index contributed by atoms with van der Waals surface area (Å²) in [6, 6.07) is 3.48. The Morgan fingerprint density at radius 1 is 1.09 bits per heavy atom. The van der Waals surface area contributed by atoms with Crippen molar-refractivity contribution in [1.82, 2.24) is 0 Å². The second kappa shape index (κ2) is 9.10. The standard InChI is InChI=1S/C26H30O8/c1-7-12(2)21(27)20-15-10-16(30-4)24(31-5)23(29)19(15)18-14(8-13(3)22(20)28)9-17-25(26(18)32-6)34-11-33-17/h7,9-10,13,20,22,28-29H,8,11H2,1-6H3/b12-7-/t13-,20-,22-/m1/s1. The van der Waals surface area contributed by atoms with Crippen molar-refractivity contribution in [2.45, 2.75) is 39.2 Å². The summed E-state index contributed by atoms with van der Waals surface area (Å²) in [5.74, 6) is -0.0158. The lowest BCUT2D eigenvalue weighted by Gasteiger charge is -2.34. The second-order valence-corrected chi connectivity index (χ2v) is 8.59. The van der Waals surface area contributed by atoms with Gasteiger partial charge in [0.2, 0.25) is 18.3 Å². The number of ether oxygens (including phenoxy) is 5. The fourth-order valence-electron chi connectivity index (χ4n) is 4.86. The number of ketones is 1. The van der Waals surface area contributed by atoms with Gasteiger partial charge in [0.25, 0.3) is 0 Å². The number of carbonyl (C=O) groups is 1. The number of Topliss-reactive ketones (excluding diaryl/α,β-unsaturated/α-hetero) is 1. The van der Waals surface area contributed by atoms with E-state index in [1.807, 2.05) is 13.0 Å². The third kappa shape index (κ3) is 3.53. The predicted octanol–water partition coefficient (Wildman–Crippen LogP) is 3.99. The van der Waals surface area contributed by atoms with Crippen LogP contribution in [0, 0.1) is 5.92 Å². The number of allylic oxidation sites excluding steroid dienone is 2. The molecule has 2 N–H and O–H groups in total. The lowest BCUT2D eigenvalue weighted by molar-refractivity contribution is -0.120. The van der Waals surface area contributed by atoms with Gasteiger partial charge in [-0.05, 0) is 55.0 Å². The van der Waals surface area contributed by atoms with Crippen LogP contribution in [0.15, 0.2) is 23.8 Å². The minimum Gasteiger partial charge on any atom is -0.504 e. The molecule has 0 fully saturated rings. The zero-order valence-corrected chi connectivity index (χ0v) is 20.2. The molecule has 4 rings (SSSR count). The van der Waals surface area contributed by atoms with Gasteiger partial charge in [-0.1, -0.05) is 13.0 Å². The molecule has 34 heavy (non-hydrogen) atoms. The van der Waals surface area contributed by atoms with Gasteiger partial charge < -0.3 is 33.9 Å². The van der Waals surface area contributed by atoms with Crippen LogP contribution in [-0.4, -0.2) is 50.2 Å². The van der Waals surface area contributed by atoms with Gasteiger partial charge in [0.15, 0.2) is 28.8 Å². The first kappa shape index (κ1) is 23.8. The van der Waals surface area contributed by atoms with Crippen molar-refractivity contribution in [1.29, 1.82) is 0 Å². The third-order valence-electron chi connectivity index (χ3n) is 6.74. The van der Waals surface area contributed by atoms with Crippen molar-refractivity contribution in [3.63, 3.8) is 0 Å². The predicted molar refractivity (Wildman–Crippen MR) is 125 cm³/mol. The average Bonchev–Trinajstić information content (AvgIpc) is 3.30. The molecule has 8 nitrogen and oxygen atoms in total. The van der Waals surface area contributed by atoms with E-state index >= 15 is 0 Å². The van der Waals surface area contributed by atoms with E-state index < -0.39 is 12.0 Å². The number of hydrogen-bond acceptors (Lipinski definition) is 8. The monoisotopic (exact) mass is 470 g/mol. The minimum absolute atomic E-state index is 0.0408. The zero-order chi connectivity index (χ0) is 24.7. The summed E-state index contributed by atoms with van der Waals surface area (Å²) in [5, 5.41) is 22.9. The van der Waals surface area contributed by atoms with Crippen molar-refractivity contribution < 1.29 is 38.7 Å². The molecule has 0 bridgehead atoms. The first-order chi connectivity index (χ1) is 16.3. The summed E-state index contributed by atoms with van der Waals surface area (Å²) in [6.45, 7) is 5.42. The lowest BCUT2D eigenvalue weighted by Crippen LogP contribution is -2.34. The molecular formula is C26H30O8. The first-order valence-corrected chi connectivity index (χ1v) is 11.1. The van der Waals surface area contributed by atoms with Gasteiger partial charge in [-0.2, -0.15) is 0 Å². The largest absolute Gasteiger partial charge is 0.504 e. The SMILES string of the molecule is C/C=C(/C)C(=O)[C@H]1c2cc(OC)c(OC)c(O)c2-c2c(cc3c(c2OC)OCO3)C[C@@H](C)[C@H]1O. The number of aliphatic hydroxyl groups excluding tert-OH is 1. The van der Waals surface area contributed by atoms with Crippen molar-refractivity contribution in [2.75, 3.05) is 28.1 Å². The van der Waals surface area contributed by atoms with Crippen LogP contribution in [0.25, 0.3) is 11.1 Å². The molecule has 0 unspecified atom stereocenters. The number of methoxy groups -OCH3 is 3. The smallest absolute Gasteiger partial charge is 0.231 e. The molecule has 0 saturated heterocycles. The van der Waals surface area contributed by atoms with Crippen LogP contribution in [0.4, 0.5) is 0 Å². The maximum absolute atomic E-state index is 13.6. The molecule has 2 aromatic carbocycles. The Bertz CT molecular complexity index is 1170. The Labute approximate surface area is 198 Å². The maximum Gasteiger partial charge on any atom is 0.231 e. The number of benzene rings is 2. The molecule has 0 aromatic heterocycles. The van der Waals surface area contributed by atoms with E-state index in [2.05, 4.69) is 0 Å². The van der Waals surface area contributed by atoms with E-state index in [1.54, 1.807) is 26.0 Å². The highest BCUT2D eigenvalue weighted by atomic mass is 16.7. The van der Waals surface area contributed by atoms with Gasteiger partial charge in [-0.25, -0.2) is 0 Å². The highest BCUT2D eigenvalue weighted by Gasteiger charge is 2.41. The number of aromatic hydroxyl groups is 1. The number of carbonyl (C=O) groups excluding carboxylic acids is 1. The molecule has 2 aliphatic rings. The summed E-state index contributed by atoms with van der Waals surface area (Å²) < 4.78 is 28.0. The van der Waals surface area contributed by atoms with Crippen molar-refractivity contribution in [3.05, 3.63) is 34.9 Å². The molecule has 1 aliphatic heterocycles. The number of fused-ring (bicyclic) bond motifs is 4. The van der Waals surface area contributed by atoms with Gasteiger partial charge in [-0.15, -0.1) is 0 Å². The van der Waals surface area contributed by atoms with E-state index in [4.69, 9.17) is 23.7 Å². The van der Waals surface area contributed by atoms with Crippen LogP contribution in [0.1, 0.15) is 37.8 Å². The van der Waals surface area contributed by atoms with Crippen molar-refractivity contribution in [3.8, 4) is 45.6 Å². The van der Waals surface area contributed by atoms with E-state index in [0.29, 0.717) is 45.9 Å². The number of phenols is 1. The summed E-state index contributed by atoms with van der Waals surface area (Å²) in [5.41, 5.74) is 2.60. The third-order valence-corrected chi connectivity index (χ3v) is 6.74. The van der Waals surface area contributed by atoms with Crippen LogP contribution in [0.5, 0.6) is 34.5 Å². The number of hydrogen-bond donors (Lipinski definition) is 2. The quantitative estimate of drug-likeness (QED) is 0.633. The first-order valence-electron chi connectivity index (χ1n) is 11.1. The molecular weight excluding hydrogens is 440 g/mol. The van der Waals surface area contributed by atoms with E-state index in [-0.39, 0.29) is 35.7 Å². The fourth-order valence-corrected chi connectivity index (χ4v) is 4.86. The maximum atomic E-state index is 13.6. The summed E-state index contributed by atoms with van der Waals surface area (Å²) in [6.07, 6.45) is 1.10. The van der Waals surface area contributed by atoms with Gasteiger partial charge in [0, 0.05) is 11.1 Å². The molecule has 0 saturated carbocycles. The van der Waals surface area contributed by atoms with Crippen molar-refractivity contribution >= 4 is 5.78 Å². The van der Waals surface area contributed by atoms with Crippen molar-refractivity contribution in [2.24, 2.45) is 5.92 Å². The average molecular weight is 471 g/mol. The van der Waals surface area contributed by atoms with Gasteiger partial charge in [0.05, 0.1) is 33.4 Å². The fraction of sp³-hybridized carbons (Fsp3) is 0.423. The van der Waals surface area contributed by atoms with E-state index in [9.17, 15) is 15.0 Å². The number of phenolic OH excluding ortho intramolecular Hbond substituents is 1. The molecule has 1 heterocycles. The molecule has 2 aromatic rings. The second-order valence-electron chi connectivity index (χ2n) is 8.59. The molecule has 8 heteroatoms. The Kier molecular flexibility index (Phi) is 6.36. The van der Waals surface area contributed by atoms with Crippen LogP contribution >= 0.6 is 0 Å². The van der Waals surface area contributed by atoms with Gasteiger partial charge >= 0.3 is 0 Å². The molecule has 0 spiro atoms. The lowest BCUT2D eigenvalue weighted by atomic mass is 9.73. The number of rotatable bonds is 5. The van der Waals surface area contributed by atoms with E-state index in [1.165, 1.54) is 21.3 Å². The summed E-state index contributed by atoms with van der Waals surface area (Å²) >= 11 is 0. The number of aliphatic hydroxyl groups is 1. The zero-order valence-electron chi connectivity index (χ0n) is 20.2. The summed E-state index contributed by atoms with van der Waals surface area (Å²) in [4.78, 5) is 13.6. The Morgan fingerprint density at radius 3 is 2.41 bits per heavy atom. The molecule has 0 radical (unpaired) electrons. The molecule has 182 valence electrons. The minimum atomic E-state index is -1.02. The summed E-state index contributed by atoms with van der Waals surface area (Å²) in [7, 11) is 4.39. The van der Waals surface area contributed by atoms with Crippen LogP contribution in [0.2, 0.25) is 0 Å². The van der Waals surface area contributed by atoms with E-state index in [0.717, 1.165) is 5.56 Å². The van der Waals surface area contributed by atoms with Gasteiger partial charge in [0.1, 0.15) is 0 Å². The highest BCUT2D eigenvalue weighted by molar-refractivity contribution is 6.03. The molecule has 0 amide bonds. The highest BCUT2D eigenvalue weighted by Crippen LogP contribution is 2.57. The Morgan fingerprint density at radius 2 is 1.79 bits per heavy atom. The van der Waals surface area contributed by atoms with Crippen LogP contribution in [0.3, 0.4) is 0 Å². The normalized spacial score (nSPS) is 21.1. The Hall–Kier alpha value is -3.39. The van der Waals surface area contributed by atoms with Crippen LogP contribution in [-0.2, 0) is 11.2 Å². The molecule has 3 atom stereocenters. The van der Waals surface area contributed by atoms with Crippen LogP contribution < -0.4 is 23.7 Å². The van der Waals surface area contributed by atoms with Gasteiger partial charge in [-0.3, -0.25) is 4.79 Å².